The van der Waals surface area contributed by atoms with E-state index in [1.54, 1.807) is 7.11 Å². The Morgan fingerprint density at radius 3 is 2.66 bits per heavy atom. The molecule has 0 saturated carbocycles. The molecule has 3 heterocycles. The van der Waals surface area contributed by atoms with Crippen LogP contribution in [0, 0.1) is 0 Å². The van der Waals surface area contributed by atoms with Gasteiger partial charge in [0.15, 0.2) is 0 Å². The number of anilines is 1. The van der Waals surface area contributed by atoms with Gasteiger partial charge in [0, 0.05) is 56.5 Å². The second-order valence-electron chi connectivity index (χ2n) is 8.98. The monoisotopic (exact) mass is 396 g/mol. The summed E-state index contributed by atoms with van der Waals surface area (Å²) in [5, 5.41) is 0. The molecule has 1 saturated heterocycles. The van der Waals surface area contributed by atoms with Gasteiger partial charge in [-0.1, -0.05) is 32.9 Å². The van der Waals surface area contributed by atoms with E-state index >= 15 is 0 Å². The van der Waals surface area contributed by atoms with Gasteiger partial charge in [0.05, 0.1) is 26.0 Å². The van der Waals surface area contributed by atoms with Gasteiger partial charge in [-0.25, -0.2) is 9.97 Å². The lowest BCUT2D eigenvalue weighted by molar-refractivity contribution is 0.109. The Bertz CT molecular complexity index is 854. The van der Waals surface area contributed by atoms with E-state index in [9.17, 15) is 0 Å². The fourth-order valence-electron chi connectivity index (χ4n) is 3.99. The molecule has 0 spiro atoms. The maximum atomic E-state index is 5.63. The highest BCUT2D eigenvalue weighted by Gasteiger charge is 2.23. The highest BCUT2D eigenvalue weighted by atomic mass is 16.5. The maximum Gasteiger partial charge on any atom is 0.225 e. The number of piperazine rings is 1. The third-order valence-corrected chi connectivity index (χ3v) is 5.88. The van der Waals surface area contributed by atoms with Crippen molar-refractivity contribution in [2.24, 2.45) is 0 Å². The van der Waals surface area contributed by atoms with Gasteiger partial charge in [0.1, 0.15) is 5.75 Å². The van der Waals surface area contributed by atoms with Crippen LogP contribution in [-0.4, -0.2) is 54.8 Å². The van der Waals surface area contributed by atoms with Gasteiger partial charge in [-0.15, -0.1) is 0 Å². The molecule has 1 aromatic heterocycles. The number of nitrogens with zero attached hydrogens (tertiary/aromatic N) is 4. The molecule has 6 heteroatoms. The van der Waals surface area contributed by atoms with Crippen LogP contribution in [0.15, 0.2) is 24.4 Å². The van der Waals surface area contributed by atoms with Crippen LogP contribution in [-0.2, 0) is 29.7 Å². The number of aromatic nitrogens is 2. The van der Waals surface area contributed by atoms with Gasteiger partial charge in [0.2, 0.25) is 5.95 Å². The Kier molecular flexibility index (Phi) is 5.74. The largest absolute Gasteiger partial charge is 0.496 e. The third kappa shape index (κ3) is 4.54. The van der Waals surface area contributed by atoms with Crippen molar-refractivity contribution >= 4 is 5.95 Å². The molecule has 0 radical (unpaired) electrons. The van der Waals surface area contributed by atoms with Crippen LogP contribution >= 0.6 is 0 Å². The van der Waals surface area contributed by atoms with Crippen LogP contribution in [0.3, 0.4) is 0 Å². The SMILES string of the molecule is COc1ccc(C(C)(C)C)cc1CN1CCN(c2ncc3c(n2)CCOC3)CC1. The zero-order valence-electron chi connectivity index (χ0n) is 18.1. The standard InChI is InChI=1S/C23H32N4O2/c1-23(2,3)19-5-6-21(28-4)17(13-19)15-26-8-10-27(11-9-26)22-24-14-18-16-29-12-7-20(18)25-22/h5-6,13-14H,7-12,15-16H2,1-4H3. The van der Waals surface area contributed by atoms with Gasteiger partial charge in [-0.05, 0) is 17.0 Å². The van der Waals surface area contributed by atoms with E-state index < -0.39 is 0 Å². The minimum atomic E-state index is 0.133. The summed E-state index contributed by atoms with van der Waals surface area (Å²) in [5.41, 5.74) is 5.02. The van der Waals surface area contributed by atoms with E-state index in [4.69, 9.17) is 14.5 Å². The molecule has 0 amide bonds. The summed E-state index contributed by atoms with van der Waals surface area (Å²) in [5.74, 6) is 1.83. The van der Waals surface area contributed by atoms with Gasteiger partial charge >= 0.3 is 0 Å². The Morgan fingerprint density at radius 2 is 1.93 bits per heavy atom. The lowest BCUT2D eigenvalue weighted by Gasteiger charge is -2.35. The van der Waals surface area contributed by atoms with Crippen LogP contribution in [0.2, 0.25) is 0 Å². The van der Waals surface area contributed by atoms with Gasteiger partial charge in [-0.2, -0.15) is 0 Å². The predicted molar refractivity (Wildman–Crippen MR) is 115 cm³/mol. The first-order chi connectivity index (χ1) is 13.9. The molecule has 156 valence electrons. The molecule has 29 heavy (non-hydrogen) atoms. The molecule has 2 aromatic rings. The summed E-state index contributed by atoms with van der Waals surface area (Å²) in [6, 6.07) is 6.59. The fourth-order valence-corrected chi connectivity index (χ4v) is 3.99. The normalized spacial score (nSPS) is 17.9. The summed E-state index contributed by atoms with van der Waals surface area (Å²) in [6.45, 7) is 12.9. The molecule has 0 atom stereocenters. The zero-order chi connectivity index (χ0) is 20.4. The number of hydrogen-bond acceptors (Lipinski definition) is 6. The van der Waals surface area contributed by atoms with Gasteiger partial charge in [0.25, 0.3) is 0 Å². The summed E-state index contributed by atoms with van der Waals surface area (Å²) in [4.78, 5) is 14.2. The van der Waals surface area contributed by atoms with Crippen molar-refractivity contribution in [3.63, 3.8) is 0 Å². The van der Waals surface area contributed by atoms with Crippen molar-refractivity contribution < 1.29 is 9.47 Å². The van der Waals surface area contributed by atoms with Crippen molar-refractivity contribution in [3.8, 4) is 5.75 Å². The molecule has 0 bridgehead atoms. The van der Waals surface area contributed by atoms with Crippen molar-refractivity contribution in [1.29, 1.82) is 0 Å². The Labute approximate surface area is 173 Å². The van der Waals surface area contributed by atoms with Gasteiger partial charge < -0.3 is 14.4 Å². The van der Waals surface area contributed by atoms with E-state index in [2.05, 4.69) is 53.8 Å². The molecule has 1 fully saturated rings. The highest BCUT2D eigenvalue weighted by molar-refractivity contribution is 5.40. The van der Waals surface area contributed by atoms with Gasteiger partial charge in [-0.3, -0.25) is 4.90 Å². The summed E-state index contributed by atoms with van der Waals surface area (Å²) in [7, 11) is 1.76. The number of rotatable bonds is 4. The van der Waals surface area contributed by atoms with Crippen molar-refractivity contribution in [1.82, 2.24) is 14.9 Å². The quantitative estimate of drug-likeness (QED) is 0.791. The molecule has 2 aliphatic rings. The molecule has 4 rings (SSSR count). The van der Waals surface area contributed by atoms with E-state index in [-0.39, 0.29) is 5.41 Å². The molecular weight excluding hydrogens is 364 g/mol. The van der Waals surface area contributed by atoms with Crippen molar-refractivity contribution in [2.45, 2.75) is 45.8 Å². The van der Waals surface area contributed by atoms with Crippen LogP contribution in [0.4, 0.5) is 5.95 Å². The Hall–Kier alpha value is -2.18. The molecule has 0 unspecified atom stereocenters. The second-order valence-corrected chi connectivity index (χ2v) is 8.98. The number of hydrogen-bond donors (Lipinski definition) is 0. The summed E-state index contributed by atoms with van der Waals surface area (Å²) in [6.07, 6.45) is 2.82. The predicted octanol–water partition coefficient (Wildman–Crippen LogP) is 3.18. The highest BCUT2D eigenvalue weighted by Crippen LogP contribution is 2.29. The van der Waals surface area contributed by atoms with Crippen LogP contribution in [0.5, 0.6) is 5.75 Å². The lowest BCUT2D eigenvalue weighted by Crippen LogP contribution is -2.46. The Morgan fingerprint density at radius 1 is 1.14 bits per heavy atom. The van der Waals surface area contributed by atoms with Crippen molar-refractivity contribution in [2.75, 3.05) is 44.8 Å². The average molecular weight is 397 g/mol. The molecule has 1 aromatic carbocycles. The smallest absolute Gasteiger partial charge is 0.225 e. The molecule has 0 N–H and O–H groups in total. The number of fused-ring (bicyclic) bond motifs is 1. The minimum Gasteiger partial charge on any atom is -0.496 e. The Balaban J connectivity index is 1.41. The van der Waals surface area contributed by atoms with E-state index in [1.807, 2.05) is 6.20 Å². The first-order valence-electron chi connectivity index (χ1n) is 10.5. The molecule has 2 aliphatic heterocycles. The van der Waals surface area contributed by atoms with E-state index in [0.717, 1.165) is 68.7 Å². The molecular formula is C23H32N4O2. The second kappa shape index (κ2) is 8.28. The third-order valence-electron chi connectivity index (χ3n) is 5.88. The first-order valence-corrected chi connectivity index (χ1v) is 10.5. The number of methoxy groups -OCH3 is 1. The lowest BCUT2D eigenvalue weighted by atomic mass is 9.86. The van der Waals surface area contributed by atoms with Crippen molar-refractivity contribution in [3.05, 3.63) is 46.8 Å². The maximum absolute atomic E-state index is 5.63. The van der Waals surface area contributed by atoms with Crippen LogP contribution in [0.1, 0.15) is 43.2 Å². The number of ether oxygens (including phenoxy) is 2. The molecule has 0 aliphatic carbocycles. The summed E-state index contributed by atoms with van der Waals surface area (Å²) < 4.78 is 11.1. The molecule has 6 nitrogen and oxygen atoms in total. The van der Waals surface area contributed by atoms with E-state index in [0.29, 0.717) is 6.61 Å². The zero-order valence-corrected chi connectivity index (χ0v) is 18.1. The van der Waals surface area contributed by atoms with E-state index in [1.165, 1.54) is 11.1 Å². The average Bonchev–Trinajstić information content (AvgIpc) is 2.73. The van der Waals surface area contributed by atoms with Crippen LogP contribution in [0.25, 0.3) is 0 Å². The first kappa shape index (κ1) is 20.1. The topological polar surface area (TPSA) is 50.7 Å². The fraction of sp³-hybridized carbons (Fsp3) is 0.565. The van der Waals surface area contributed by atoms with Crippen LogP contribution < -0.4 is 9.64 Å². The number of benzene rings is 1. The minimum absolute atomic E-state index is 0.133. The summed E-state index contributed by atoms with van der Waals surface area (Å²) >= 11 is 0.